The summed E-state index contributed by atoms with van der Waals surface area (Å²) in [7, 11) is -2.39. The van der Waals surface area contributed by atoms with Crippen LogP contribution in [0.2, 0.25) is 0 Å². The largest absolute Gasteiger partial charge is 0.497 e. The maximum absolute atomic E-state index is 12.5. The molecule has 2 aromatic carbocycles. The number of carbonyl (C=O) groups excluding carboxylic acids is 2. The quantitative estimate of drug-likeness (QED) is 0.509. The van der Waals surface area contributed by atoms with Crippen LogP contribution in [0.1, 0.15) is 25.7 Å². The highest BCUT2D eigenvalue weighted by Gasteiger charge is 2.20. The van der Waals surface area contributed by atoms with Crippen molar-refractivity contribution in [1.29, 1.82) is 0 Å². The smallest absolute Gasteiger partial charge is 0.267 e. The highest BCUT2D eigenvalue weighted by molar-refractivity contribution is 7.93. The van der Waals surface area contributed by atoms with E-state index in [2.05, 4.69) is 15.0 Å². The molecule has 0 atom stereocenters. The molecule has 0 aliphatic carbocycles. The highest BCUT2D eigenvalue weighted by atomic mass is 32.2. The third-order valence-electron chi connectivity index (χ3n) is 4.02. The number of carbonyl (C=O) groups is 2. The zero-order chi connectivity index (χ0) is 21.9. The summed E-state index contributed by atoms with van der Waals surface area (Å²) in [4.78, 5) is 28.1. The van der Waals surface area contributed by atoms with E-state index in [1.165, 1.54) is 43.5 Å². The number of primary amides is 1. The van der Waals surface area contributed by atoms with Crippen molar-refractivity contribution >= 4 is 44.0 Å². The van der Waals surface area contributed by atoms with Crippen LogP contribution in [-0.2, 0) is 10.0 Å². The number of nitrogens with two attached hydrogens (primary N) is 1. The Morgan fingerprint density at radius 3 is 2.27 bits per heavy atom. The first-order valence-corrected chi connectivity index (χ1v) is 10.8. The lowest BCUT2D eigenvalue weighted by Crippen LogP contribution is -2.13. The van der Waals surface area contributed by atoms with E-state index in [1.54, 1.807) is 19.1 Å². The molecule has 11 heteroatoms. The molecule has 0 aliphatic rings. The number of thiazole rings is 1. The first kappa shape index (κ1) is 21.3. The van der Waals surface area contributed by atoms with E-state index >= 15 is 0 Å². The van der Waals surface area contributed by atoms with Crippen molar-refractivity contribution in [1.82, 2.24) is 4.98 Å². The van der Waals surface area contributed by atoms with E-state index in [9.17, 15) is 18.0 Å². The molecule has 0 bridgehead atoms. The number of rotatable bonds is 7. The fourth-order valence-electron chi connectivity index (χ4n) is 2.49. The van der Waals surface area contributed by atoms with Gasteiger partial charge in [0.05, 0.1) is 17.7 Å². The molecule has 0 unspecified atom stereocenters. The lowest BCUT2D eigenvalue weighted by Gasteiger charge is -2.06. The number of hydrogen-bond acceptors (Lipinski definition) is 7. The van der Waals surface area contributed by atoms with E-state index in [4.69, 9.17) is 10.5 Å². The van der Waals surface area contributed by atoms with Crippen molar-refractivity contribution in [2.75, 3.05) is 17.1 Å². The van der Waals surface area contributed by atoms with Crippen LogP contribution in [0.4, 0.5) is 10.8 Å². The van der Waals surface area contributed by atoms with Gasteiger partial charge in [0.1, 0.15) is 10.6 Å². The predicted molar refractivity (Wildman–Crippen MR) is 114 cm³/mol. The van der Waals surface area contributed by atoms with Gasteiger partial charge in [0, 0.05) is 11.3 Å². The number of ether oxygens (including phenoxy) is 1. The van der Waals surface area contributed by atoms with Gasteiger partial charge in [-0.3, -0.25) is 14.3 Å². The summed E-state index contributed by atoms with van der Waals surface area (Å²) < 4.78 is 32.5. The molecule has 9 nitrogen and oxygen atoms in total. The molecule has 3 aromatic rings. The molecule has 2 amide bonds. The molecule has 1 aromatic heterocycles. The fraction of sp³-hybridized carbons (Fsp3) is 0.105. The average molecular weight is 447 g/mol. The lowest BCUT2D eigenvalue weighted by molar-refractivity contribution is 0.0998. The van der Waals surface area contributed by atoms with Crippen molar-refractivity contribution in [3.63, 3.8) is 0 Å². The first-order valence-electron chi connectivity index (χ1n) is 8.55. The zero-order valence-corrected chi connectivity index (χ0v) is 17.6. The molecule has 0 aliphatic heterocycles. The number of hydrogen-bond donors (Lipinski definition) is 3. The Morgan fingerprint density at radius 2 is 1.70 bits per heavy atom. The van der Waals surface area contributed by atoms with Gasteiger partial charge in [0.2, 0.25) is 5.91 Å². The maximum Gasteiger partial charge on any atom is 0.267 e. The topological polar surface area (TPSA) is 140 Å². The molecule has 0 fully saturated rings. The van der Waals surface area contributed by atoms with Crippen LogP contribution in [0.3, 0.4) is 0 Å². The standard InChI is InChI=1S/C19H18N4O5S2/c1-11-16(18(25)22-13-5-3-12(4-6-13)17(20)24)29-19(21-11)23-30(26,27)15-9-7-14(28-2)8-10-15/h3-10H,1-2H3,(H2,20,24)(H,21,23)(H,22,25). The molecule has 3 rings (SSSR count). The number of sulfonamides is 1. The average Bonchev–Trinajstić information content (AvgIpc) is 3.07. The van der Waals surface area contributed by atoms with Crippen LogP contribution >= 0.6 is 11.3 Å². The van der Waals surface area contributed by atoms with Gasteiger partial charge >= 0.3 is 0 Å². The molecule has 0 radical (unpaired) electrons. The van der Waals surface area contributed by atoms with Crippen molar-refractivity contribution in [2.45, 2.75) is 11.8 Å². The van der Waals surface area contributed by atoms with Gasteiger partial charge in [-0.1, -0.05) is 11.3 Å². The maximum atomic E-state index is 12.5. The summed E-state index contributed by atoms with van der Waals surface area (Å²) in [6.07, 6.45) is 0. The number of anilines is 2. The number of nitrogens with one attached hydrogen (secondary N) is 2. The Morgan fingerprint density at radius 1 is 1.07 bits per heavy atom. The molecular formula is C19H18N4O5S2. The monoisotopic (exact) mass is 446 g/mol. The van der Waals surface area contributed by atoms with Gasteiger partial charge in [-0.25, -0.2) is 13.4 Å². The van der Waals surface area contributed by atoms with Crippen LogP contribution in [0.15, 0.2) is 53.4 Å². The molecule has 1 heterocycles. The normalized spacial score (nSPS) is 11.0. The lowest BCUT2D eigenvalue weighted by atomic mass is 10.2. The minimum Gasteiger partial charge on any atom is -0.497 e. The van der Waals surface area contributed by atoms with Crippen molar-refractivity contribution < 1.29 is 22.7 Å². The van der Waals surface area contributed by atoms with Crippen LogP contribution in [0.25, 0.3) is 0 Å². The molecule has 4 N–H and O–H groups in total. The summed E-state index contributed by atoms with van der Waals surface area (Å²) in [5.41, 5.74) is 6.34. The van der Waals surface area contributed by atoms with Crippen molar-refractivity contribution in [3.8, 4) is 5.75 Å². The zero-order valence-electron chi connectivity index (χ0n) is 16.0. The Labute approximate surface area is 177 Å². The van der Waals surface area contributed by atoms with Gasteiger partial charge in [-0.15, -0.1) is 0 Å². The minimum atomic E-state index is -3.87. The second-order valence-corrected chi connectivity index (χ2v) is 8.79. The number of aromatic nitrogens is 1. The van der Waals surface area contributed by atoms with E-state index in [1.807, 2.05) is 0 Å². The Kier molecular flexibility index (Phi) is 6.04. The third-order valence-corrected chi connectivity index (χ3v) is 6.58. The summed E-state index contributed by atoms with van der Waals surface area (Å²) in [6.45, 7) is 1.60. The molecular weight excluding hydrogens is 428 g/mol. The number of benzene rings is 2. The van der Waals surface area contributed by atoms with E-state index in [0.717, 1.165) is 11.3 Å². The summed E-state index contributed by atoms with van der Waals surface area (Å²) in [5, 5.41) is 2.74. The van der Waals surface area contributed by atoms with E-state index in [-0.39, 0.29) is 14.9 Å². The Balaban J connectivity index is 1.75. The van der Waals surface area contributed by atoms with Gasteiger partial charge in [-0.2, -0.15) is 0 Å². The molecule has 0 saturated heterocycles. The van der Waals surface area contributed by atoms with Gasteiger partial charge in [0.15, 0.2) is 5.13 Å². The van der Waals surface area contributed by atoms with Crippen LogP contribution in [-0.4, -0.2) is 32.3 Å². The number of aryl methyl sites for hydroxylation is 1. The predicted octanol–water partition coefficient (Wildman–Crippen LogP) is 2.61. The van der Waals surface area contributed by atoms with Crippen LogP contribution in [0, 0.1) is 6.92 Å². The highest BCUT2D eigenvalue weighted by Crippen LogP contribution is 2.26. The van der Waals surface area contributed by atoms with Gasteiger partial charge in [-0.05, 0) is 55.5 Å². The SMILES string of the molecule is COc1ccc(S(=O)(=O)Nc2nc(C)c(C(=O)Nc3ccc(C(N)=O)cc3)s2)cc1. The molecule has 156 valence electrons. The molecule has 30 heavy (non-hydrogen) atoms. The first-order chi connectivity index (χ1) is 14.2. The number of nitrogens with zero attached hydrogens (tertiary/aromatic N) is 1. The fourth-order valence-corrected chi connectivity index (χ4v) is 4.58. The second-order valence-electron chi connectivity index (χ2n) is 6.11. The van der Waals surface area contributed by atoms with Crippen molar-refractivity contribution in [3.05, 3.63) is 64.7 Å². The van der Waals surface area contributed by atoms with Gasteiger partial charge < -0.3 is 15.8 Å². The number of methoxy groups -OCH3 is 1. The summed E-state index contributed by atoms with van der Waals surface area (Å²) in [5.74, 6) is -0.492. The number of amides is 2. The minimum absolute atomic E-state index is 0.0386. The molecule has 0 saturated carbocycles. The second kappa shape index (κ2) is 8.51. The summed E-state index contributed by atoms with van der Waals surface area (Å²) >= 11 is 0.912. The van der Waals surface area contributed by atoms with Crippen molar-refractivity contribution in [2.24, 2.45) is 5.73 Å². The van der Waals surface area contributed by atoms with E-state index in [0.29, 0.717) is 22.7 Å². The summed E-state index contributed by atoms with van der Waals surface area (Å²) in [6, 6.07) is 11.9. The molecule has 0 spiro atoms. The Bertz CT molecular complexity index is 1190. The van der Waals surface area contributed by atoms with Crippen LogP contribution in [0.5, 0.6) is 5.75 Å². The van der Waals surface area contributed by atoms with Crippen LogP contribution < -0.4 is 20.5 Å². The Hall–Kier alpha value is -3.44. The third kappa shape index (κ3) is 4.75. The van der Waals surface area contributed by atoms with Gasteiger partial charge in [0.25, 0.3) is 15.9 Å². The van der Waals surface area contributed by atoms with E-state index < -0.39 is 21.8 Å².